The Kier molecular flexibility index (Phi) is 5.43. The van der Waals surface area contributed by atoms with Crippen molar-refractivity contribution in [2.45, 2.75) is 19.3 Å². The number of halogens is 1. The molecule has 1 aromatic carbocycles. The molecule has 2 nitrogen and oxygen atoms in total. The minimum atomic E-state index is 0.103. The van der Waals surface area contributed by atoms with E-state index in [1.54, 1.807) is 11.3 Å². The molecule has 1 N–H and O–H groups in total. The van der Waals surface area contributed by atoms with Gasteiger partial charge in [0.25, 0.3) is 0 Å². The second-order valence-corrected chi connectivity index (χ2v) is 6.09. The zero-order valence-corrected chi connectivity index (χ0v) is 12.1. The van der Waals surface area contributed by atoms with Crippen LogP contribution in [0.15, 0.2) is 42.5 Å². The number of carbonyl (C=O) groups excluding carboxylic acids is 1. The number of nitrogens with one attached hydrogen (secondary N) is 1. The number of aryl methyl sites for hydroxylation is 1. The maximum absolute atomic E-state index is 11.7. The van der Waals surface area contributed by atoms with Gasteiger partial charge in [0.05, 0.1) is 4.34 Å². The van der Waals surface area contributed by atoms with E-state index in [2.05, 4.69) is 5.32 Å². The van der Waals surface area contributed by atoms with Gasteiger partial charge < -0.3 is 5.32 Å². The Morgan fingerprint density at radius 1 is 1.11 bits per heavy atom. The molecule has 0 saturated carbocycles. The molecule has 0 aliphatic carbocycles. The highest BCUT2D eigenvalue weighted by atomic mass is 35.5. The molecule has 0 spiro atoms. The van der Waals surface area contributed by atoms with Crippen molar-refractivity contribution in [3.8, 4) is 0 Å². The van der Waals surface area contributed by atoms with Crippen LogP contribution in [0.3, 0.4) is 0 Å². The summed E-state index contributed by atoms with van der Waals surface area (Å²) in [6.45, 7) is 0.671. The Morgan fingerprint density at radius 2 is 1.89 bits per heavy atom. The third-order valence-electron chi connectivity index (χ3n) is 2.81. The smallest absolute Gasteiger partial charge is 0.220 e. The number of benzene rings is 1. The highest BCUT2D eigenvalue weighted by Crippen LogP contribution is 2.21. The van der Waals surface area contributed by atoms with Crippen LogP contribution in [-0.4, -0.2) is 12.5 Å². The molecule has 2 aromatic rings. The second kappa shape index (κ2) is 7.31. The fraction of sp³-hybridized carbons (Fsp3) is 0.267. The average Bonchev–Trinajstić information content (AvgIpc) is 2.83. The lowest BCUT2D eigenvalue weighted by atomic mass is 10.1. The predicted molar refractivity (Wildman–Crippen MR) is 80.8 cm³/mol. The summed E-state index contributed by atoms with van der Waals surface area (Å²) in [5, 5.41) is 2.94. The van der Waals surface area contributed by atoms with Gasteiger partial charge >= 0.3 is 0 Å². The van der Waals surface area contributed by atoms with Crippen LogP contribution in [0.5, 0.6) is 0 Å². The van der Waals surface area contributed by atoms with Crippen LogP contribution in [0.4, 0.5) is 0 Å². The summed E-state index contributed by atoms with van der Waals surface area (Å²) in [4.78, 5) is 12.9. The molecule has 0 saturated heterocycles. The molecule has 0 fully saturated rings. The van der Waals surface area contributed by atoms with Crippen molar-refractivity contribution < 1.29 is 4.79 Å². The monoisotopic (exact) mass is 293 g/mol. The number of hydrogen-bond donors (Lipinski definition) is 1. The molecule has 0 radical (unpaired) electrons. The third kappa shape index (κ3) is 5.05. The van der Waals surface area contributed by atoms with E-state index >= 15 is 0 Å². The Labute approximate surface area is 122 Å². The topological polar surface area (TPSA) is 29.1 Å². The SMILES string of the molecule is O=C(CCc1ccccc1)NCCc1ccc(Cl)s1. The average molecular weight is 294 g/mol. The van der Waals surface area contributed by atoms with Crippen molar-refractivity contribution in [3.05, 3.63) is 57.2 Å². The largest absolute Gasteiger partial charge is 0.356 e. The number of amides is 1. The molecule has 19 heavy (non-hydrogen) atoms. The number of thiophene rings is 1. The molecule has 4 heteroatoms. The molecule has 1 heterocycles. The van der Waals surface area contributed by atoms with Gasteiger partial charge in [-0.2, -0.15) is 0 Å². The molecule has 1 amide bonds. The normalized spacial score (nSPS) is 10.4. The number of rotatable bonds is 6. The van der Waals surface area contributed by atoms with Gasteiger partial charge in [0.1, 0.15) is 0 Å². The van der Waals surface area contributed by atoms with Crippen molar-refractivity contribution in [1.82, 2.24) is 5.32 Å². The predicted octanol–water partition coefficient (Wildman–Crippen LogP) is 3.69. The van der Waals surface area contributed by atoms with E-state index in [4.69, 9.17) is 11.6 Å². The van der Waals surface area contributed by atoms with E-state index in [-0.39, 0.29) is 5.91 Å². The highest BCUT2D eigenvalue weighted by molar-refractivity contribution is 7.16. The molecular formula is C15H16ClNOS. The maximum atomic E-state index is 11.7. The minimum Gasteiger partial charge on any atom is -0.356 e. The van der Waals surface area contributed by atoms with Crippen LogP contribution in [0.25, 0.3) is 0 Å². The fourth-order valence-electron chi connectivity index (χ4n) is 1.80. The van der Waals surface area contributed by atoms with Gasteiger partial charge in [0.15, 0.2) is 0 Å². The van der Waals surface area contributed by atoms with Gasteiger partial charge in [-0.05, 0) is 30.5 Å². The molecule has 0 aliphatic rings. The van der Waals surface area contributed by atoms with Crippen molar-refractivity contribution in [2.75, 3.05) is 6.54 Å². The molecular weight excluding hydrogens is 278 g/mol. The third-order valence-corrected chi connectivity index (χ3v) is 4.10. The lowest BCUT2D eigenvalue weighted by molar-refractivity contribution is -0.121. The molecule has 1 aromatic heterocycles. The van der Waals surface area contributed by atoms with E-state index in [0.29, 0.717) is 13.0 Å². The van der Waals surface area contributed by atoms with Gasteiger partial charge in [-0.25, -0.2) is 0 Å². The first kappa shape index (κ1) is 14.1. The summed E-state index contributed by atoms with van der Waals surface area (Å²) in [6.07, 6.45) is 2.17. The number of hydrogen-bond acceptors (Lipinski definition) is 2. The van der Waals surface area contributed by atoms with Crippen molar-refractivity contribution in [3.63, 3.8) is 0 Å². The quantitative estimate of drug-likeness (QED) is 0.864. The van der Waals surface area contributed by atoms with E-state index in [1.807, 2.05) is 42.5 Å². The summed E-state index contributed by atoms with van der Waals surface area (Å²) in [6, 6.07) is 13.9. The van der Waals surface area contributed by atoms with E-state index in [1.165, 1.54) is 10.4 Å². The van der Waals surface area contributed by atoms with Crippen molar-refractivity contribution in [1.29, 1.82) is 0 Å². The zero-order chi connectivity index (χ0) is 13.5. The molecule has 0 atom stereocenters. The van der Waals surface area contributed by atoms with Gasteiger partial charge in [-0.3, -0.25) is 4.79 Å². The van der Waals surface area contributed by atoms with Gasteiger partial charge in [0.2, 0.25) is 5.91 Å². The molecule has 2 rings (SSSR count). The standard InChI is InChI=1S/C15H16ClNOS/c16-14-8-7-13(19-14)10-11-17-15(18)9-6-12-4-2-1-3-5-12/h1-5,7-8H,6,9-11H2,(H,17,18). The first-order chi connectivity index (χ1) is 9.24. The molecule has 100 valence electrons. The summed E-state index contributed by atoms with van der Waals surface area (Å²) in [7, 11) is 0. The summed E-state index contributed by atoms with van der Waals surface area (Å²) in [5.41, 5.74) is 1.20. The van der Waals surface area contributed by atoms with E-state index < -0.39 is 0 Å². The zero-order valence-electron chi connectivity index (χ0n) is 10.6. The lowest BCUT2D eigenvalue weighted by Gasteiger charge is -2.04. The van der Waals surface area contributed by atoms with Gasteiger partial charge in [-0.1, -0.05) is 41.9 Å². The van der Waals surface area contributed by atoms with Crippen molar-refractivity contribution in [2.24, 2.45) is 0 Å². The Morgan fingerprint density at radius 3 is 2.58 bits per heavy atom. The van der Waals surface area contributed by atoms with Crippen LogP contribution in [0, 0.1) is 0 Å². The fourth-order valence-corrected chi connectivity index (χ4v) is 2.89. The first-order valence-electron chi connectivity index (χ1n) is 6.29. The van der Waals surface area contributed by atoms with Crippen LogP contribution >= 0.6 is 22.9 Å². The highest BCUT2D eigenvalue weighted by Gasteiger charge is 2.03. The maximum Gasteiger partial charge on any atom is 0.220 e. The van der Waals surface area contributed by atoms with Crippen LogP contribution < -0.4 is 5.32 Å². The Bertz CT molecular complexity index is 524. The Balaban J connectivity index is 1.65. The molecule has 0 unspecified atom stereocenters. The van der Waals surface area contributed by atoms with Crippen LogP contribution in [-0.2, 0) is 17.6 Å². The minimum absolute atomic E-state index is 0.103. The first-order valence-corrected chi connectivity index (χ1v) is 7.48. The summed E-state index contributed by atoms with van der Waals surface area (Å²) >= 11 is 7.41. The van der Waals surface area contributed by atoms with Crippen molar-refractivity contribution >= 4 is 28.8 Å². The lowest BCUT2D eigenvalue weighted by Crippen LogP contribution is -2.25. The summed E-state index contributed by atoms with van der Waals surface area (Å²) < 4.78 is 0.797. The van der Waals surface area contributed by atoms with E-state index in [0.717, 1.165) is 17.2 Å². The van der Waals surface area contributed by atoms with Crippen LogP contribution in [0.2, 0.25) is 4.34 Å². The summed E-state index contributed by atoms with van der Waals surface area (Å²) in [5.74, 6) is 0.103. The molecule has 0 aliphatic heterocycles. The van der Waals surface area contributed by atoms with E-state index in [9.17, 15) is 4.79 Å². The Hall–Kier alpha value is -1.32. The molecule has 0 bridgehead atoms. The van der Waals surface area contributed by atoms with Crippen LogP contribution in [0.1, 0.15) is 16.9 Å². The van der Waals surface area contributed by atoms with Gasteiger partial charge in [-0.15, -0.1) is 11.3 Å². The second-order valence-electron chi connectivity index (χ2n) is 4.29. The van der Waals surface area contributed by atoms with Gasteiger partial charge in [0, 0.05) is 17.8 Å². The number of carbonyl (C=O) groups is 1.